The van der Waals surface area contributed by atoms with E-state index in [1.807, 2.05) is 0 Å². The zero-order valence-electron chi connectivity index (χ0n) is 12.0. The number of hydrogen-bond acceptors (Lipinski definition) is 7. The maximum atomic E-state index is 11.6. The summed E-state index contributed by atoms with van der Waals surface area (Å²) in [5, 5.41) is -0.527. The molecule has 1 atom stereocenters. The topological polar surface area (TPSA) is 91.0 Å². The predicted octanol–water partition coefficient (Wildman–Crippen LogP) is -0.468. The van der Waals surface area contributed by atoms with Crippen molar-refractivity contribution in [3.05, 3.63) is 22.7 Å². The van der Waals surface area contributed by atoms with Gasteiger partial charge >= 0.3 is 0 Å². The van der Waals surface area contributed by atoms with Gasteiger partial charge in [0.15, 0.2) is 0 Å². The summed E-state index contributed by atoms with van der Waals surface area (Å²) in [5.74, 6) is -0.481. The fraction of sp³-hybridized carbons (Fsp3) is 0.615. The molecule has 0 saturated carbocycles. The van der Waals surface area contributed by atoms with Crippen LogP contribution in [0.3, 0.4) is 0 Å². The number of carbonyl (C=O) groups is 2. The van der Waals surface area contributed by atoms with Gasteiger partial charge in [0, 0.05) is 12.5 Å². The van der Waals surface area contributed by atoms with E-state index in [4.69, 9.17) is 14.0 Å². The first-order chi connectivity index (χ1) is 10.6. The molecule has 0 N–H and O–H groups in total. The Morgan fingerprint density at radius 1 is 1.14 bits per heavy atom. The van der Waals surface area contributed by atoms with E-state index >= 15 is 0 Å². The van der Waals surface area contributed by atoms with Gasteiger partial charge in [-0.2, -0.15) is 17.4 Å². The Kier molecular flexibility index (Phi) is 6.22. The standard InChI is InChI=1S/C13H18N2O6S/c16-11-1-4-21-15(11)3-6-20-8-7-19-5-2-14-12(17)9-10(22)13(14)18/h1,4,10,22H,2-3,5-9H2. The van der Waals surface area contributed by atoms with Crippen molar-refractivity contribution in [2.45, 2.75) is 18.2 Å². The molecular formula is C13H18N2O6S. The van der Waals surface area contributed by atoms with Crippen LogP contribution in [-0.2, 0) is 25.6 Å². The van der Waals surface area contributed by atoms with Crippen molar-refractivity contribution in [1.29, 1.82) is 0 Å². The number of rotatable bonds is 9. The minimum atomic E-state index is -0.527. The maximum Gasteiger partial charge on any atom is 0.282 e. The van der Waals surface area contributed by atoms with Gasteiger partial charge in [-0.3, -0.25) is 19.3 Å². The molecule has 1 saturated heterocycles. The average molecular weight is 330 g/mol. The number of likely N-dealkylation sites (tertiary alicyclic amines) is 1. The first-order valence-electron chi connectivity index (χ1n) is 6.92. The Balaban J connectivity index is 1.50. The molecule has 22 heavy (non-hydrogen) atoms. The van der Waals surface area contributed by atoms with Gasteiger partial charge in [-0.1, -0.05) is 0 Å². The highest BCUT2D eigenvalue weighted by molar-refractivity contribution is 7.81. The summed E-state index contributed by atoms with van der Waals surface area (Å²) in [4.78, 5) is 35.4. The largest absolute Gasteiger partial charge is 0.384 e. The highest BCUT2D eigenvalue weighted by atomic mass is 32.1. The van der Waals surface area contributed by atoms with Gasteiger partial charge in [0.25, 0.3) is 5.56 Å². The zero-order valence-corrected chi connectivity index (χ0v) is 12.9. The van der Waals surface area contributed by atoms with Crippen LogP contribution in [0, 0.1) is 0 Å². The van der Waals surface area contributed by atoms with Crippen LogP contribution in [0.15, 0.2) is 21.6 Å². The van der Waals surface area contributed by atoms with Crippen LogP contribution in [0.5, 0.6) is 0 Å². The van der Waals surface area contributed by atoms with E-state index in [0.29, 0.717) is 26.4 Å². The average Bonchev–Trinajstić information content (AvgIpc) is 2.99. The fourth-order valence-electron chi connectivity index (χ4n) is 1.99. The summed E-state index contributed by atoms with van der Waals surface area (Å²) < 4.78 is 16.7. The van der Waals surface area contributed by atoms with E-state index in [1.54, 1.807) is 0 Å². The first kappa shape index (κ1) is 16.8. The molecule has 1 aliphatic heterocycles. The lowest BCUT2D eigenvalue weighted by Crippen LogP contribution is -2.34. The number of aromatic nitrogens is 1. The molecular weight excluding hydrogens is 312 g/mol. The minimum Gasteiger partial charge on any atom is -0.384 e. The van der Waals surface area contributed by atoms with Crippen LogP contribution in [0.2, 0.25) is 0 Å². The van der Waals surface area contributed by atoms with E-state index < -0.39 is 5.25 Å². The number of amides is 2. The molecule has 0 bridgehead atoms. The third-order valence-electron chi connectivity index (χ3n) is 3.13. The van der Waals surface area contributed by atoms with Crippen LogP contribution in [0.25, 0.3) is 0 Å². The minimum absolute atomic E-state index is 0.150. The lowest BCUT2D eigenvalue weighted by Gasteiger charge is -2.14. The van der Waals surface area contributed by atoms with Crippen molar-refractivity contribution in [2.24, 2.45) is 0 Å². The molecule has 1 aliphatic rings. The number of thiol groups is 1. The molecule has 2 rings (SSSR count). The molecule has 0 radical (unpaired) electrons. The van der Waals surface area contributed by atoms with Gasteiger partial charge in [-0.15, -0.1) is 0 Å². The van der Waals surface area contributed by atoms with Crippen molar-refractivity contribution in [2.75, 3.05) is 33.0 Å². The molecule has 1 aromatic rings. The summed E-state index contributed by atoms with van der Waals surface area (Å²) >= 11 is 4.04. The Morgan fingerprint density at radius 2 is 1.82 bits per heavy atom. The normalized spacial score (nSPS) is 18.4. The third kappa shape index (κ3) is 4.46. The predicted molar refractivity (Wildman–Crippen MR) is 78.7 cm³/mol. The monoisotopic (exact) mass is 330 g/mol. The highest BCUT2D eigenvalue weighted by Gasteiger charge is 2.35. The van der Waals surface area contributed by atoms with Crippen molar-refractivity contribution in [3.8, 4) is 0 Å². The summed E-state index contributed by atoms with van der Waals surface area (Å²) in [6.07, 6.45) is 1.47. The number of nitrogens with zero attached hydrogens (tertiary/aromatic N) is 2. The quantitative estimate of drug-likeness (QED) is 0.374. The summed E-state index contributed by atoms with van der Waals surface area (Å²) in [6, 6.07) is 1.33. The smallest absolute Gasteiger partial charge is 0.282 e. The van der Waals surface area contributed by atoms with Crippen molar-refractivity contribution >= 4 is 24.4 Å². The van der Waals surface area contributed by atoms with Crippen LogP contribution < -0.4 is 5.56 Å². The first-order valence-corrected chi connectivity index (χ1v) is 7.44. The Labute approximate surface area is 132 Å². The molecule has 9 heteroatoms. The van der Waals surface area contributed by atoms with Crippen molar-refractivity contribution in [1.82, 2.24) is 9.64 Å². The Bertz CT molecular complexity index is 569. The van der Waals surface area contributed by atoms with E-state index in [0.717, 1.165) is 0 Å². The van der Waals surface area contributed by atoms with Gasteiger partial charge in [-0.25, -0.2) is 0 Å². The second-order valence-corrected chi connectivity index (χ2v) is 5.30. The van der Waals surface area contributed by atoms with Crippen LogP contribution >= 0.6 is 12.6 Å². The maximum absolute atomic E-state index is 11.6. The van der Waals surface area contributed by atoms with Gasteiger partial charge < -0.3 is 14.0 Å². The number of hydrogen-bond donors (Lipinski definition) is 1. The van der Waals surface area contributed by atoms with Crippen LogP contribution in [0.1, 0.15) is 6.42 Å². The fourth-order valence-corrected chi connectivity index (χ4v) is 2.28. The molecule has 1 fully saturated rings. The van der Waals surface area contributed by atoms with Crippen LogP contribution in [0.4, 0.5) is 0 Å². The number of imide groups is 1. The Hall–Kier alpha value is -1.58. The van der Waals surface area contributed by atoms with E-state index in [1.165, 1.54) is 22.0 Å². The zero-order chi connectivity index (χ0) is 15.9. The molecule has 0 aromatic carbocycles. The second-order valence-electron chi connectivity index (χ2n) is 4.68. The highest BCUT2D eigenvalue weighted by Crippen LogP contribution is 2.17. The Morgan fingerprint density at radius 3 is 2.36 bits per heavy atom. The molecule has 2 amide bonds. The number of ether oxygens (including phenoxy) is 2. The number of carbonyl (C=O) groups excluding carboxylic acids is 2. The van der Waals surface area contributed by atoms with Crippen molar-refractivity contribution in [3.63, 3.8) is 0 Å². The SMILES string of the molecule is O=C1CC(S)C(=O)N1CCOCCOCCn1occc1=O. The van der Waals surface area contributed by atoms with Crippen LogP contribution in [-0.4, -0.2) is 59.7 Å². The molecule has 1 unspecified atom stereocenters. The summed E-state index contributed by atoms with van der Waals surface area (Å²) in [6.45, 7) is 1.86. The summed E-state index contributed by atoms with van der Waals surface area (Å²) in [5.41, 5.74) is -0.206. The molecule has 1 aromatic heterocycles. The van der Waals surface area contributed by atoms with E-state index in [2.05, 4.69) is 12.6 Å². The molecule has 0 aliphatic carbocycles. The van der Waals surface area contributed by atoms with E-state index in [9.17, 15) is 14.4 Å². The summed E-state index contributed by atoms with van der Waals surface area (Å²) in [7, 11) is 0. The van der Waals surface area contributed by atoms with Gasteiger partial charge in [-0.05, 0) is 0 Å². The van der Waals surface area contributed by atoms with Crippen molar-refractivity contribution < 1.29 is 23.6 Å². The van der Waals surface area contributed by atoms with Gasteiger partial charge in [0.2, 0.25) is 11.8 Å². The van der Waals surface area contributed by atoms with E-state index in [-0.39, 0.29) is 36.9 Å². The third-order valence-corrected chi connectivity index (χ3v) is 3.54. The second kappa shape index (κ2) is 8.16. The molecule has 8 nitrogen and oxygen atoms in total. The lowest BCUT2D eigenvalue weighted by molar-refractivity contribution is -0.139. The lowest BCUT2D eigenvalue weighted by atomic mass is 10.4. The molecule has 2 heterocycles. The van der Waals surface area contributed by atoms with Gasteiger partial charge in [0.1, 0.15) is 6.26 Å². The van der Waals surface area contributed by atoms with Gasteiger partial charge in [0.05, 0.1) is 44.8 Å². The molecule has 122 valence electrons. The molecule has 0 spiro atoms.